The van der Waals surface area contributed by atoms with Crippen LogP contribution in [0.15, 0.2) is 47.3 Å². The van der Waals surface area contributed by atoms with Gasteiger partial charge >= 0.3 is 0 Å². The van der Waals surface area contributed by atoms with E-state index in [-0.39, 0.29) is 0 Å². The Balaban J connectivity index is 1.52. The van der Waals surface area contributed by atoms with E-state index in [1.807, 2.05) is 6.26 Å². The molecular weight excluding hydrogens is 246 g/mol. The van der Waals surface area contributed by atoms with Crippen LogP contribution in [-0.2, 0) is 19.4 Å². The summed E-state index contributed by atoms with van der Waals surface area (Å²) in [5.41, 5.74) is 4.41. The van der Waals surface area contributed by atoms with Crippen LogP contribution in [-0.4, -0.2) is 6.04 Å². The highest BCUT2D eigenvalue weighted by atomic mass is 16.3. The van der Waals surface area contributed by atoms with Crippen LogP contribution in [0, 0.1) is 11.8 Å². The number of fused-ring (bicyclic) bond motifs is 3. The molecule has 0 spiro atoms. The Morgan fingerprint density at radius 2 is 1.70 bits per heavy atom. The molecule has 1 heterocycles. The molecule has 2 unspecified atom stereocenters. The molecule has 1 aromatic heterocycles. The average molecular weight is 267 g/mol. The van der Waals surface area contributed by atoms with Gasteiger partial charge in [0.05, 0.1) is 12.5 Å². The van der Waals surface area contributed by atoms with Crippen LogP contribution in [0.5, 0.6) is 0 Å². The minimum Gasteiger partial charge on any atom is -0.472 e. The molecule has 2 atom stereocenters. The van der Waals surface area contributed by atoms with Crippen LogP contribution in [0.1, 0.15) is 29.5 Å². The fourth-order valence-electron chi connectivity index (χ4n) is 4.11. The van der Waals surface area contributed by atoms with Gasteiger partial charge in [-0.1, -0.05) is 24.3 Å². The highest BCUT2D eigenvalue weighted by Crippen LogP contribution is 2.40. The maximum Gasteiger partial charge on any atom is 0.0947 e. The molecule has 0 radical (unpaired) electrons. The van der Waals surface area contributed by atoms with Crippen LogP contribution < -0.4 is 5.32 Å². The van der Waals surface area contributed by atoms with Crippen molar-refractivity contribution in [3.63, 3.8) is 0 Å². The molecule has 2 nitrogen and oxygen atoms in total. The lowest BCUT2D eigenvalue weighted by atomic mass is 9.94. The van der Waals surface area contributed by atoms with E-state index in [9.17, 15) is 0 Å². The lowest BCUT2D eigenvalue weighted by molar-refractivity contribution is 0.340. The van der Waals surface area contributed by atoms with Crippen molar-refractivity contribution in [2.75, 3.05) is 0 Å². The topological polar surface area (TPSA) is 25.2 Å². The lowest BCUT2D eigenvalue weighted by Crippen LogP contribution is -2.37. The van der Waals surface area contributed by atoms with Gasteiger partial charge in [-0.05, 0) is 54.7 Å². The number of hydrogen-bond donors (Lipinski definition) is 1. The molecule has 20 heavy (non-hydrogen) atoms. The smallest absolute Gasteiger partial charge is 0.0947 e. The van der Waals surface area contributed by atoms with Gasteiger partial charge in [0.15, 0.2) is 0 Å². The van der Waals surface area contributed by atoms with E-state index < -0.39 is 0 Å². The predicted octanol–water partition coefficient (Wildman–Crippen LogP) is 3.56. The molecule has 0 saturated heterocycles. The summed E-state index contributed by atoms with van der Waals surface area (Å²) in [7, 11) is 0. The highest BCUT2D eigenvalue weighted by Gasteiger charge is 2.38. The quantitative estimate of drug-likeness (QED) is 0.919. The third kappa shape index (κ3) is 2.18. The van der Waals surface area contributed by atoms with Crippen LogP contribution >= 0.6 is 0 Å². The van der Waals surface area contributed by atoms with E-state index >= 15 is 0 Å². The number of benzene rings is 1. The van der Waals surface area contributed by atoms with Gasteiger partial charge in [-0.15, -0.1) is 0 Å². The highest BCUT2D eigenvalue weighted by molar-refractivity contribution is 5.30. The van der Waals surface area contributed by atoms with E-state index in [1.165, 1.54) is 31.2 Å². The molecular formula is C18H21NO. The Morgan fingerprint density at radius 3 is 2.30 bits per heavy atom. The van der Waals surface area contributed by atoms with E-state index in [1.54, 1.807) is 17.4 Å². The second-order valence-corrected chi connectivity index (χ2v) is 6.31. The zero-order chi connectivity index (χ0) is 13.4. The summed E-state index contributed by atoms with van der Waals surface area (Å²) in [5.74, 6) is 1.60. The van der Waals surface area contributed by atoms with Crippen molar-refractivity contribution in [2.45, 2.75) is 38.3 Å². The van der Waals surface area contributed by atoms with Gasteiger partial charge in [0.25, 0.3) is 0 Å². The molecule has 2 aromatic rings. The molecule has 1 fully saturated rings. The molecule has 2 aliphatic carbocycles. The Labute approximate surface area is 120 Å². The molecule has 1 aromatic carbocycles. The molecule has 104 valence electrons. The molecule has 2 bridgehead atoms. The minimum atomic E-state index is 0.664. The first-order valence-corrected chi connectivity index (χ1v) is 7.71. The molecule has 0 amide bonds. The fourth-order valence-corrected chi connectivity index (χ4v) is 4.11. The molecule has 1 N–H and O–H groups in total. The Kier molecular flexibility index (Phi) is 3.12. The van der Waals surface area contributed by atoms with Crippen LogP contribution in [0.25, 0.3) is 0 Å². The normalized spacial score (nSPS) is 28.1. The molecule has 4 rings (SSSR count). The number of furan rings is 1. The van der Waals surface area contributed by atoms with Crippen molar-refractivity contribution in [1.29, 1.82) is 0 Å². The number of nitrogens with one attached hydrogen (secondary N) is 1. The van der Waals surface area contributed by atoms with Crippen molar-refractivity contribution in [2.24, 2.45) is 11.8 Å². The van der Waals surface area contributed by atoms with Crippen LogP contribution in [0.3, 0.4) is 0 Å². The summed E-state index contributed by atoms with van der Waals surface area (Å²) in [6.07, 6.45) is 8.85. The standard InChI is InChI=1S/C18H21NO/c1-2-4-15-10-17-6-5-16(9-14(15)3-1)18(17)19-11-13-7-8-20-12-13/h1-4,7-8,12,16-19H,5-6,9-11H2. The van der Waals surface area contributed by atoms with E-state index in [0.29, 0.717) is 6.04 Å². The van der Waals surface area contributed by atoms with Crippen molar-refractivity contribution in [3.8, 4) is 0 Å². The predicted molar refractivity (Wildman–Crippen MR) is 79.4 cm³/mol. The summed E-state index contributed by atoms with van der Waals surface area (Å²) >= 11 is 0. The number of rotatable bonds is 3. The SMILES string of the molecule is c1ccc2c(c1)CC1CCC(C2)C1NCc1ccoc1. The summed E-state index contributed by atoms with van der Waals surface area (Å²) in [6, 6.07) is 11.7. The van der Waals surface area contributed by atoms with Gasteiger partial charge in [0.1, 0.15) is 0 Å². The first-order valence-electron chi connectivity index (χ1n) is 7.71. The van der Waals surface area contributed by atoms with Crippen molar-refractivity contribution in [1.82, 2.24) is 5.32 Å². The summed E-state index contributed by atoms with van der Waals surface area (Å²) in [5, 5.41) is 3.80. The molecule has 2 aliphatic rings. The summed E-state index contributed by atoms with van der Waals surface area (Å²) in [6.45, 7) is 0.935. The monoisotopic (exact) mass is 267 g/mol. The number of hydrogen-bond acceptors (Lipinski definition) is 2. The van der Waals surface area contributed by atoms with Gasteiger partial charge in [-0.3, -0.25) is 0 Å². The van der Waals surface area contributed by atoms with E-state index in [0.717, 1.165) is 18.4 Å². The van der Waals surface area contributed by atoms with Crippen molar-refractivity contribution in [3.05, 3.63) is 59.5 Å². The first kappa shape index (κ1) is 12.2. The maximum atomic E-state index is 5.16. The molecule has 2 heteroatoms. The van der Waals surface area contributed by atoms with E-state index in [2.05, 4.69) is 35.6 Å². The van der Waals surface area contributed by atoms with Gasteiger partial charge < -0.3 is 9.73 Å². The van der Waals surface area contributed by atoms with Crippen molar-refractivity contribution >= 4 is 0 Å². The molecule has 0 aliphatic heterocycles. The zero-order valence-corrected chi connectivity index (χ0v) is 11.7. The Bertz CT molecular complexity index is 542. The van der Waals surface area contributed by atoms with Gasteiger partial charge in [0.2, 0.25) is 0 Å². The second-order valence-electron chi connectivity index (χ2n) is 6.31. The Hall–Kier alpha value is -1.54. The summed E-state index contributed by atoms with van der Waals surface area (Å²) in [4.78, 5) is 0. The van der Waals surface area contributed by atoms with Crippen LogP contribution in [0.4, 0.5) is 0 Å². The third-order valence-corrected chi connectivity index (χ3v) is 5.13. The average Bonchev–Trinajstić information content (AvgIpc) is 3.04. The fraction of sp³-hybridized carbons (Fsp3) is 0.444. The van der Waals surface area contributed by atoms with Gasteiger partial charge in [-0.2, -0.15) is 0 Å². The van der Waals surface area contributed by atoms with Crippen LogP contribution in [0.2, 0.25) is 0 Å². The van der Waals surface area contributed by atoms with Gasteiger partial charge in [0, 0.05) is 18.2 Å². The van der Waals surface area contributed by atoms with Gasteiger partial charge in [-0.25, -0.2) is 0 Å². The summed E-state index contributed by atoms with van der Waals surface area (Å²) < 4.78 is 5.16. The maximum absolute atomic E-state index is 5.16. The Morgan fingerprint density at radius 1 is 1.00 bits per heavy atom. The largest absolute Gasteiger partial charge is 0.472 e. The first-order chi connectivity index (χ1) is 9.90. The van der Waals surface area contributed by atoms with Crippen molar-refractivity contribution < 1.29 is 4.42 Å². The van der Waals surface area contributed by atoms with E-state index in [4.69, 9.17) is 4.42 Å². The lowest BCUT2D eigenvalue weighted by Gasteiger charge is -2.23. The molecule has 1 saturated carbocycles. The third-order valence-electron chi connectivity index (χ3n) is 5.13. The minimum absolute atomic E-state index is 0.664. The second kappa shape index (κ2) is 5.10. The zero-order valence-electron chi connectivity index (χ0n) is 11.7.